The van der Waals surface area contributed by atoms with Crippen LogP contribution in [0.3, 0.4) is 0 Å². The predicted octanol–water partition coefficient (Wildman–Crippen LogP) is 3.72. The second kappa shape index (κ2) is 8.95. The number of hydrogen-bond donors (Lipinski definition) is 0. The van der Waals surface area contributed by atoms with Gasteiger partial charge >= 0.3 is 11.0 Å². The Hall–Kier alpha value is -0.740. The van der Waals surface area contributed by atoms with Crippen molar-refractivity contribution in [3.8, 4) is 0 Å². The summed E-state index contributed by atoms with van der Waals surface area (Å²) in [6, 6.07) is 0. The summed E-state index contributed by atoms with van der Waals surface area (Å²) in [5.41, 5.74) is -12.4. The maximum absolute atomic E-state index is 12.6. The molecule has 0 atom stereocenters. The Morgan fingerprint density at radius 1 is 0.786 bits per heavy atom. The Balaban J connectivity index is 0.000000525. The average molecular weight is 472 g/mol. The summed E-state index contributed by atoms with van der Waals surface area (Å²) >= 11 is 0. The first kappa shape index (κ1) is 27.3. The minimum absolute atomic E-state index is 0.0312. The highest BCUT2D eigenvalue weighted by atomic mass is 32.3. The van der Waals surface area contributed by atoms with Crippen LogP contribution in [0.25, 0.3) is 4.13 Å². The Labute approximate surface area is 157 Å². The van der Waals surface area contributed by atoms with E-state index < -0.39 is 37.0 Å². The van der Waals surface area contributed by atoms with Crippen LogP contribution in [0.5, 0.6) is 0 Å². The molecule has 0 radical (unpaired) electrons. The normalized spacial score (nSPS) is 18.9. The van der Waals surface area contributed by atoms with Crippen molar-refractivity contribution in [2.45, 2.75) is 49.5 Å². The van der Waals surface area contributed by atoms with Crippen LogP contribution in [0, 0.1) is 0 Å². The number of sulfonamides is 2. The zero-order valence-electron chi connectivity index (χ0n) is 14.8. The summed E-state index contributed by atoms with van der Waals surface area (Å²) in [5, 5.41) is 0. The second-order valence-electron chi connectivity index (χ2n) is 6.59. The van der Waals surface area contributed by atoms with E-state index in [1.54, 1.807) is 0 Å². The molecule has 1 heterocycles. The molecule has 28 heavy (non-hydrogen) atoms. The SMILES string of the molecule is CC(F)(F)CC[N+]1(C)CCCCC1.O=S(=O)([N-]S(=O)(=O)C(F)(F)F)C(F)(F)F. The predicted molar refractivity (Wildman–Crippen MR) is 83.2 cm³/mol. The van der Waals surface area contributed by atoms with Gasteiger partial charge in [-0.05, 0) is 26.2 Å². The lowest BCUT2D eigenvalue weighted by Gasteiger charge is -2.38. The lowest BCUT2D eigenvalue weighted by molar-refractivity contribution is -0.914. The molecule has 0 spiro atoms. The molecule has 0 aromatic carbocycles. The van der Waals surface area contributed by atoms with E-state index in [1.165, 1.54) is 19.3 Å². The molecule has 0 N–H and O–H groups in total. The summed E-state index contributed by atoms with van der Waals surface area (Å²) in [6.45, 7) is 3.80. The molecular weight excluding hydrogens is 452 g/mol. The molecule has 1 aliphatic heterocycles. The van der Waals surface area contributed by atoms with Gasteiger partial charge in [0, 0.05) is 0 Å². The summed E-state index contributed by atoms with van der Waals surface area (Å²) in [6.07, 6.45) is 3.71. The van der Waals surface area contributed by atoms with Crippen molar-refractivity contribution in [3.05, 3.63) is 4.13 Å². The van der Waals surface area contributed by atoms with Crippen LogP contribution < -0.4 is 0 Å². The lowest BCUT2D eigenvalue weighted by Crippen LogP contribution is -2.49. The Kier molecular flexibility index (Phi) is 8.72. The Morgan fingerprint density at radius 3 is 1.43 bits per heavy atom. The number of halogens is 8. The zero-order chi connectivity index (χ0) is 22.7. The fourth-order valence-electron chi connectivity index (χ4n) is 2.18. The van der Waals surface area contributed by atoms with Crippen molar-refractivity contribution >= 4 is 20.0 Å². The molecule has 6 nitrogen and oxygen atoms in total. The van der Waals surface area contributed by atoms with E-state index in [9.17, 15) is 52.0 Å². The second-order valence-corrected chi connectivity index (χ2v) is 10.0. The quantitative estimate of drug-likeness (QED) is 0.451. The molecule has 0 amide bonds. The van der Waals surface area contributed by atoms with Crippen molar-refractivity contribution < 1.29 is 56.4 Å². The van der Waals surface area contributed by atoms with Gasteiger partial charge in [0.1, 0.15) is 0 Å². The fraction of sp³-hybridized carbons (Fsp3) is 1.00. The van der Waals surface area contributed by atoms with Gasteiger partial charge in [-0.25, -0.2) is 25.6 Å². The summed E-state index contributed by atoms with van der Waals surface area (Å²) in [5.74, 6) is -2.49. The van der Waals surface area contributed by atoms with Gasteiger partial charge in [-0.1, -0.05) is 0 Å². The molecule has 0 unspecified atom stereocenters. The van der Waals surface area contributed by atoms with E-state index >= 15 is 0 Å². The minimum Gasteiger partial charge on any atom is -0.421 e. The van der Waals surface area contributed by atoms with Crippen LogP contribution in [0.1, 0.15) is 32.6 Å². The molecule has 0 aromatic rings. The third-order valence-electron chi connectivity index (χ3n) is 3.77. The number of likely N-dealkylation sites (tertiary alicyclic amines) is 1. The van der Waals surface area contributed by atoms with Crippen molar-refractivity contribution in [2.75, 3.05) is 26.7 Å². The van der Waals surface area contributed by atoms with Crippen molar-refractivity contribution in [3.63, 3.8) is 0 Å². The average Bonchev–Trinajstić information content (AvgIpc) is 2.43. The van der Waals surface area contributed by atoms with E-state index in [0.717, 1.165) is 28.6 Å². The number of hydrogen-bond acceptors (Lipinski definition) is 4. The van der Waals surface area contributed by atoms with Crippen molar-refractivity contribution in [1.82, 2.24) is 0 Å². The van der Waals surface area contributed by atoms with E-state index in [0.29, 0.717) is 6.54 Å². The maximum atomic E-state index is 12.6. The molecule has 1 fully saturated rings. The van der Waals surface area contributed by atoms with Crippen LogP contribution in [0.4, 0.5) is 35.1 Å². The largest absolute Gasteiger partial charge is 0.480 e. The number of piperidine rings is 1. The minimum atomic E-state index is -6.72. The molecule has 1 aliphatic rings. The summed E-state index contributed by atoms with van der Waals surface area (Å²) in [7, 11) is -11.3. The topological polar surface area (TPSA) is 82.4 Å². The van der Waals surface area contributed by atoms with Crippen molar-refractivity contribution in [2.24, 2.45) is 0 Å². The molecular formula is C12H20F8N2O4S2. The third-order valence-corrected chi connectivity index (χ3v) is 6.51. The standard InChI is InChI=1S/C10H20F2N.C2F6NO4S2/c1-10(11,12)6-9-13(2)7-4-3-5-8-13;3-1(4,5)14(10,11)9-15(12,13)2(6,7)8/h3-9H2,1-2H3;/q+1;-1. The Morgan fingerprint density at radius 2 is 1.14 bits per heavy atom. The summed E-state index contributed by atoms with van der Waals surface area (Å²) < 4.78 is 135. The highest BCUT2D eigenvalue weighted by molar-refractivity contribution is 8.13. The van der Waals surface area contributed by atoms with Gasteiger partial charge in [0.15, 0.2) is 20.0 Å². The molecule has 0 bridgehead atoms. The number of rotatable bonds is 5. The maximum Gasteiger partial charge on any atom is 0.480 e. The first-order valence-electron chi connectivity index (χ1n) is 7.70. The number of alkyl halides is 8. The van der Waals surface area contributed by atoms with Gasteiger partial charge in [0.05, 0.1) is 33.1 Å². The molecule has 16 heteroatoms. The molecule has 0 saturated carbocycles. The molecule has 1 saturated heterocycles. The van der Waals surface area contributed by atoms with Gasteiger partial charge in [0.25, 0.3) is 5.92 Å². The molecule has 170 valence electrons. The smallest absolute Gasteiger partial charge is 0.421 e. The first-order chi connectivity index (χ1) is 12.1. The van der Waals surface area contributed by atoms with Crippen LogP contribution in [0.2, 0.25) is 0 Å². The lowest BCUT2D eigenvalue weighted by atomic mass is 10.1. The monoisotopic (exact) mass is 472 g/mol. The fourth-order valence-corrected chi connectivity index (χ4v) is 3.89. The van der Waals surface area contributed by atoms with Crippen LogP contribution in [-0.2, 0) is 20.0 Å². The van der Waals surface area contributed by atoms with E-state index in [4.69, 9.17) is 0 Å². The first-order valence-corrected chi connectivity index (χ1v) is 10.6. The van der Waals surface area contributed by atoms with Crippen LogP contribution in [-0.4, -0.2) is 64.9 Å². The number of nitrogens with zero attached hydrogens (tertiary/aromatic N) is 2. The number of quaternary nitrogens is 1. The third kappa shape index (κ3) is 9.17. The molecule has 0 aromatic heterocycles. The van der Waals surface area contributed by atoms with Crippen LogP contribution in [0.15, 0.2) is 0 Å². The Bertz CT molecular complexity index is 663. The molecule has 1 rings (SSSR count). The van der Waals surface area contributed by atoms with E-state index in [2.05, 4.69) is 7.05 Å². The van der Waals surface area contributed by atoms with Gasteiger partial charge in [-0.15, -0.1) is 0 Å². The van der Waals surface area contributed by atoms with E-state index in [-0.39, 0.29) is 6.42 Å². The van der Waals surface area contributed by atoms with Crippen LogP contribution >= 0.6 is 0 Å². The van der Waals surface area contributed by atoms with Gasteiger partial charge < -0.3 is 8.61 Å². The zero-order valence-corrected chi connectivity index (χ0v) is 16.5. The van der Waals surface area contributed by atoms with Crippen molar-refractivity contribution in [1.29, 1.82) is 0 Å². The van der Waals surface area contributed by atoms with E-state index in [1.807, 2.05) is 0 Å². The highest BCUT2D eigenvalue weighted by Crippen LogP contribution is 2.36. The highest BCUT2D eigenvalue weighted by Gasteiger charge is 2.46. The molecule has 0 aliphatic carbocycles. The van der Waals surface area contributed by atoms with Gasteiger partial charge in [-0.3, -0.25) is 0 Å². The van der Waals surface area contributed by atoms with Gasteiger partial charge in [0.2, 0.25) is 0 Å². The summed E-state index contributed by atoms with van der Waals surface area (Å²) in [4.78, 5) is 0. The van der Waals surface area contributed by atoms with Gasteiger partial charge in [-0.2, -0.15) is 26.3 Å².